The number of hydrogen-bond acceptors (Lipinski definition) is 4. The molecule has 2 N–H and O–H groups in total. The second kappa shape index (κ2) is 3.11. The van der Waals surface area contributed by atoms with Crippen molar-refractivity contribution < 1.29 is 4.79 Å². The Morgan fingerprint density at radius 1 is 1.82 bits per heavy atom. The number of ketones is 1. The molecule has 0 saturated carbocycles. The maximum atomic E-state index is 11.2. The maximum Gasteiger partial charge on any atom is 0.207 e. The molecule has 0 radical (unpaired) electrons. The van der Waals surface area contributed by atoms with Gasteiger partial charge in [0.1, 0.15) is 0 Å². The van der Waals surface area contributed by atoms with Gasteiger partial charge in [-0.15, -0.1) is 11.3 Å². The van der Waals surface area contributed by atoms with E-state index < -0.39 is 6.04 Å². The zero-order valence-corrected chi connectivity index (χ0v) is 7.31. The van der Waals surface area contributed by atoms with Crippen molar-refractivity contribution in [3.63, 3.8) is 0 Å². The van der Waals surface area contributed by atoms with Crippen LogP contribution in [0, 0.1) is 6.92 Å². The predicted molar refractivity (Wildman–Crippen MR) is 44.8 cm³/mol. The van der Waals surface area contributed by atoms with Gasteiger partial charge in [0.15, 0.2) is 5.01 Å². The van der Waals surface area contributed by atoms with Crippen LogP contribution in [-0.2, 0) is 0 Å². The second-order valence-electron chi connectivity index (χ2n) is 2.45. The van der Waals surface area contributed by atoms with E-state index in [-0.39, 0.29) is 5.78 Å². The molecule has 4 heteroatoms. The van der Waals surface area contributed by atoms with Crippen molar-refractivity contribution in [1.82, 2.24) is 4.98 Å². The Hall–Kier alpha value is -0.740. The van der Waals surface area contributed by atoms with Crippen LogP contribution in [0.15, 0.2) is 5.38 Å². The van der Waals surface area contributed by atoms with Gasteiger partial charge in [0.2, 0.25) is 5.78 Å². The highest BCUT2D eigenvalue weighted by Crippen LogP contribution is 2.10. The van der Waals surface area contributed by atoms with E-state index in [1.807, 2.05) is 12.3 Å². The summed E-state index contributed by atoms with van der Waals surface area (Å²) < 4.78 is 0. The smallest absolute Gasteiger partial charge is 0.207 e. The monoisotopic (exact) mass is 170 g/mol. The highest BCUT2D eigenvalue weighted by molar-refractivity contribution is 7.11. The Morgan fingerprint density at radius 3 is 2.82 bits per heavy atom. The van der Waals surface area contributed by atoms with Gasteiger partial charge in [0, 0.05) is 11.1 Å². The molecule has 3 nitrogen and oxygen atoms in total. The van der Waals surface area contributed by atoms with Crippen LogP contribution in [0.3, 0.4) is 0 Å². The fourth-order valence-corrected chi connectivity index (χ4v) is 1.50. The third kappa shape index (κ3) is 1.85. The summed E-state index contributed by atoms with van der Waals surface area (Å²) in [6.45, 7) is 3.52. The van der Waals surface area contributed by atoms with Gasteiger partial charge in [0.25, 0.3) is 0 Å². The molecule has 0 aromatic carbocycles. The molecule has 0 amide bonds. The minimum atomic E-state index is -0.444. The first-order valence-electron chi connectivity index (χ1n) is 3.33. The summed E-state index contributed by atoms with van der Waals surface area (Å²) in [4.78, 5) is 15.2. The van der Waals surface area contributed by atoms with Gasteiger partial charge in [-0.3, -0.25) is 4.79 Å². The van der Waals surface area contributed by atoms with Crippen LogP contribution in [0.1, 0.15) is 22.4 Å². The minimum Gasteiger partial charge on any atom is -0.321 e. The first kappa shape index (κ1) is 8.36. The normalized spacial score (nSPS) is 13.0. The molecule has 0 aliphatic carbocycles. The van der Waals surface area contributed by atoms with Gasteiger partial charge in [-0.05, 0) is 13.8 Å². The molecule has 0 unspecified atom stereocenters. The highest BCUT2D eigenvalue weighted by Gasteiger charge is 2.13. The topological polar surface area (TPSA) is 56.0 Å². The summed E-state index contributed by atoms with van der Waals surface area (Å²) in [6, 6.07) is -0.444. The summed E-state index contributed by atoms with van der Waals surface area (Å²) in [5.41, 5.74) is 6.27. The van der Waals surface area contributed by atoms with Crippen LogP contribution in [0.5, 0.6) is 0 Å². The number of aromatic nitrogens is 1. The Balaban J connectivity index is 2.85. The molecule has 0 aliphatic heterocycles. The summed E-state index contributed by atoms with van der Waals surface area (Å²) in [7, 11) is 0. The molecule has 1 aromatic rings. The van der Waals surface area contributed by atoms with Crippen LogP contribution in [-0.4, -0.2) is 16.8 Å². The zero-order valence-electron chi connectivity index (χ0n) is 6.50. The molecule has 0 aliphatic rings. The van der Waals surface area contributed by atoms with Crippen LogP contribution in [0.25, 0.3) is 0 Å². The first-order valence-corrected chi connectivity index (χ1v) is 4.21. The van der Waals surface area contributed by atoms with Crippen molar-refractivity contribution in [1.29, 1.82) is 0 Å². The number of hydrogen-bond donors (Lipinski definition) is 1. The molecular weight excluding hydrogens is 160 g/mol. The van der Waals surface area contributed by atoms with E-state index >= 15 is 0 Å². The van der Waals surface area contributed by atoms with Gasteiger partial charge in [0.05, 0.1) is 6.04 Å². The molecule has 1 aromatic heterocycles. The molecule has 1 heterocycles. The molecular formula is C7H10N2OS. The molecule has 11 heavy (non-hydrogen) atoms. The number of aryl methyl sites for hydroxylation is 1. The van der Waals surface area contributed by atoms with Crippen molar-refractivity contribution >= 4 is 17.1 Å². The Morgan fingerprint density at radius 2 is 2.45 bits per heavy atom. The number of carbonyl (C=O) groups excluding carboxylic acids is 1. The summed E-state index contributed by atoms with van der Waals surface area (Å²) in [5, 5.41) is 2.35. The minimum absolute atomic E-state index is 0.0805. The fraction of sp³-hybridized carbons (Fsp3) is 0.429. The predicted octanol–water partition coefficient (Wildman–Crippen LogP) is 0.981. The van der Waals surface area contributed by atoms with Crippen LogP contribution >= 0.6 is 11.3 Å². The standard InChI is InChI=1S/C7H10N2OS/c1-4-3-11-7(9-4)6(10)5(2)8/h3,5H,8H2,1-2H3/t5-/m1/s1. The zero-order chi connectivity index (χ0) is 8.43. The molecule has 0 fully saturated rings. The van der Waals surface area contributed by atoms with Crippen molar-refractivity contribution in [2.45, 2.75) is 19.9 Å². The lowest BCUT2D eigenvalue weighted by molar-refractivity contribution is 0.0967. The number of nitrogens with zero attached hydrogens (tertiary/aromatic N) is 1. The third-order valence-corrected chi connectivity index (χ3v) is 2.22. The lowest BCUT2D eigenvalue weighted by Gasteiger charge is -1.97. The van der Waals surface area contributed by atoms with Crippen molar-refractivity contribution in [3.8, 4) is 0 Å². The van der Waals surface area contributed by atoms with Crippen LogP contribution in [0.2, 0.25) is 0 Å². The quantitative estimate of drug-likeness (QED) is 0.673. The Labute approximate surface area is 69.3 Å². The van der Waals surface area contributed by atoms with Crippen LogP contribution < -0.4 is 5.73 Å². The van der Waals surface area contributed by atoms with E-state index in [1.165, 1.54) is 11.3 Å². The van der Waals surface area contributed by atoms with Crippen molar-refractivity contribution in [2.75, 3.05) is 0 Å². The molecule has 0 bridgehead atoms. The number of carbonyl (C=O) groups is 1. The largest absolute Gasteiger partial charge is 0.321 e. The number of Topliss-reactive ketones (excluding diaryl/α,β-unsaturated/α-hetero) is 1. The lowest BCUT2D eigenvalue weighted by atomic mass is 10.2. The van der Waals surface area contributed by atoms with Gasteiger partial charge in [-0.2, -0.15) is 0 Å². The van der Waals surface area contributed by atoms with Gasteiger partial charge in [-0.1, -0.05) is 0 Å². The third-order valence-electron chi connectivity index (χ3n) is 1.24. The fourth-order valence-electron chi connectivity index (χ4n) is 0.662. The molecule has 1 atom stereocenters. The van der Waals surface area contributed by atoms with Crippen molar-refractivity contribution in [3.05, 3.63) is 16.1 Å². The van der Waals surface area contributed by atoms with E-state index in [4.69, 9.17) is 5.73 Å². The van der Waals surface area contributed by atoms with E-state index in [9.17, 15) is 4.79 Å². The lowest BCUT2D eigenvalue weighted by Crippen LogP contribution is -2.26. The Bertz CT molecular complexity index is 267. The van der Waals surface area contributed by atoms with Gasteiger partial charge < -0.3 is 5.73 Å². The first-order chi connectivity index (χ1) is 5.11. The number of rotatable bonds is 2. The number of nitrogens with two attached hydrogens (primary N) is 1. The van der Waals surface area contributed by atoms with E-state index in [2.05, 4.69) is 4.98 Å². The molecule has 60 valence electrons. The average Bonchev–Trinajstić information content (AvgIpc) is 2.34. The molecule has 0 saturated heterocycles. The number of thiazole rings is 1. The summed E-state index contributed by atoms with van der Waals surface area (Å²) in [5.74, 6) is -0.0805. The second-order valence-corrected chi connectivity index (χ2v) is 3.31. The Kier molecular flexibility index (Phi) is 2.36. The maximum absolute atomic E-state index is 11.2. The summed E-state index contributed by atoms with van der Waals surface area (Å²) >= 11 is 1.35. The van der Waals surface area contributed by atoms with E-state index in [0.717, 1.165) is 5.69 Å². The summed E-state index contributed by atoms with van der Waals surface area (Å²) in [6.07, 6.45) is 0. The molecule has 0 spiro atoms. The van der Waals surface area contributed by atoms with Crippen molar-refractivity contribution in [2.24, 2.45) is 5.73 Å². The van der Waals surface area contributed by atoms with Crippen LogP contribution in [0.4, 0.5) is 0 Å². The highest BCUT2D eigenvalue weighted by atomic mass is 32.1. The van der Waals surface area contributed by atoms with Gasteiger partial charge >= 0.3 is 0 Å². The van der Waals surface area contributed by atoms with E-state index in [1.54, 1.807) is 6.92 Å². The SMILES string of the molecule is Cc1csc(C(=O)[C@@H](C)N)n1. The van der Waals surface area contributed by atoms with E-state index in [0.29, 0.717) is 5.01 Å². The average molecular weight is 170 g/mol. The molecule has 1 rings (SSSR count). The van der Waals surface area contributed by atoms with Gasteiger partial charge in [-0.25, -0.2) is 4.98 Å².